The Kier molecular flexibility index (Phi) is 5.85. The highest BCUT2D eigenvalue weighted by molar-refractivity contribution is 9.10. The molecule has 0 aliphatic heterocycles. The molecule has 142 valence electrons. The maximum atomic E-state index is 12.2. The van der Waals surface area contributed by atoms with E-state index in [2.05, 4.69) is 47.2 Å². The number of para-hydroxylation sites is 2. The molecular formula is C21H23BrN2O3. The molecule has 6 heteroatoms. The van der Waals surface area contributed by atoms with Crippen LogP contribution in [0.2, 0.25) is 0 Å². The van der Waals surface area contributed by atoms with Gasteiger partial charge in [-0.15, -0.1) is 0 Å². The zero-order chi connectivity index (χ0) is 19.4. The van der Waals surface area contributed by atoms with Crippen molar-refractivity contribution in [2.45, 2.75) is 38.6 Å². The predicted octanol–water partition coefficient (Wildman–Crippen LogP) is 4.23. The van der Waals surface area contributed by atoms with E-state index in [9.17, 15) is 9.59 Å². The summed E-state index contributed by atoms with van der Waals surface area (Å²) in [7, 11) is 0. The molecule has 27 heavy (non-hydrogen) atoms. The largest absolute Gasteiger partial charge is 0.419 e. The monoisotopic (exact) mass is 430 g/mol. The molecule has 0 unspecified atom stereocenters. The van der Waals surface area contributed by atoms with Crippen molar-refractivity contribution in [3.8, 4) is 0 Å². The average Bonchev–Trinajstić information content (AvgIpc) is 2.96. The number of carbonyl (C=O) groups is 1. The topological polar surface area (TPSA) is 64.2 Å². The van der Waals surface area contributed by atoms with Gasteiger partial charge in [-0.2, -0.15) is 0 Å². The van der Waals surface area contributed by atoms with Crippen molar-refractivity contribution in [1.29, 1.82) is 0 Å². The van der Waals surface area contributed by atoms with Gasteiger partial charge in [0.2, 0.25) is 5.91 Å². The van der Waals surface area contributed by atoms with E-state index in [4.69, 9.17) is 4.42 Å². The van der Waals surface area contributed by atoms with Crippen molar-refractivity contribution in [3.05, 3.63) is 69.1 Å². The summed E-state index contributed by atoms with van der Waals surface area (Å²) < 4.78 is 7.82. The quantitative estimate of drug-likeness (QED) is 0.609. The Morgan fingerprint density at radius 1 is 1.15 bits per heavy atom. The molecule has 0 radical (unpaired) electrons. The number of amides is 1. The molecule has 3 rings (SSSR count). The molecule has 1 N–H and O–H groups in total. The average molecular weight is 431 g/mol. The van der Waals surface area contributed by atoms with Crippen molar-refractivity contribution in [2.24, 2.45) is 0 Å². The van der Waals surface area contributed by atoms with Crippen LogP contribution in [0, 0.1) is 0 Å². The number of hydrogen-bond acceptors (Lipinski definition) is 3. The molecule has 1 amide bonds. The summed E-state index contributed by atoms with van der Waals surface area (Å²) in [5.41, 5.74) is 2.35. The van der Waals surface area contributed by atoms with Crippen molar-refractivity contribution in [3.63, 3.8) is 0 Å². The Labute approximate surface area is 166 Å². The highest BCUT2D eigenvalue weighted by Gasteiger charge is 2.21. The fourth-order valence-corrected chi connectivity index (χ4v) is 3.30. The maximum Gasteiger partial charge on any atom is 0.419 e. The van der Waals surface area contributed by atoms with Crippen molar-refractivity contribution >= 4 is 32.9 Å². The molecule has 1 heterocycles. The zero-order valence-electron chi connectivity index (χ0n) is 15.5. The van der Waals surface area contributed by atoms with Crippen molar-refractivity contribution in [1.82, 2.24) is 9.88 Å². The van der Waals surface area contributed by atoms with Crippen LogP contribution in [0.4, 0.5) is 0 Å². The Morgan fingerprint density at radius 2 is 1.85 bits per heavy atom. The van der Waals surface area contributed by atoms with E-state index in [1.807, 2.05) is 30.3 Å². The number of carbonyl (C=O) groups excluding carboxylic acids is 1. The van der Waals surface area contributed by atoms with E-state index in [1.54, 1.807) is 10.6 Å². The third-order valence-corrected chi connectivity index (χ3v) is 5.24. The number of aromatic nitrogens is 1. The lowest BCUT2D eigenvalue weighted by molar-refractivity contribution is -0.121. The molecule has 2 aromatic carbocycles. The van der Waals surface area contributed by atoms with E-state index in [1.165, 1.54) is 5.56 Å². The van der Waals surface area contributed by atoms with Gasteiger partial charge in [-0.05, 0) is 36.2 Å². The normalized spacial score (nSPS) is 11.7. The van der Waals surface area contributed by atoms with Gasteiger partial charge in [-0.3, -0.25) is 9.36 Å². The first-order chi connectivity index (χ1) is 12.9. The van der Waals surface area contributed by atoms with E-state index < -0.39 is 0 Å². The minimum atomic E-state index is -0.382. The molecule has 0 fully saturated rings. The van der Waals surface area contributed by atoms with Crippen LogP contribution >= 0.6 is 15.9 Å². The van der Waals surface area contributed by atoms with E-state index in [0.29, 0.717) is 31.5 Å². The number of halogens is 1. The van der Waals surface area contributed by atoms with Crippen LogP contribution in [0.15, 0.2) is 62.2 Å². The van der Waals surface area contributed by atoms with E-state index in [-0.39, 0.29) is 17.1 Å². The molecule has 0 saturated carbocycles. The van der Waals surface area contributed by atoms with E-state index in [0.717, 1.165) is 9.99 Å². The smallest absolute Gasteiger partial charge is 0.408 e. The number of rotatable bonds is 7. The molecular weight excluding hydrogens is 408 g/mol. The highest BCUT2D eigenvalue weighted by Crippen LogP contribution is 2.24. The first-order valence-corrected chi connectivity index (χ1v) is 9.77. The third-order valence-electron chi connectivity index (χ3n) is 4.71. The third kappa shape index (κ3) is 4.69. The Hall–Kier alpha value is -2.34. The predicted molar refractivity (Wildman–Crippen MR) is 110 cm³/mol. The number of benzene rings is 2. The zero-order valence-corrected chi connectivity index (χ0v) is 17.1. The van der Waals surface area contributed by atoms with Crippen LogP contribution in [0.25, 0.3) is 11.1 Å². The molecule has 1 aromatic heterocycles. The molecule has 0 aliphatic carbocycles. The Balaban J connectivity index is 1.51. The lowest BCUT2D eigenvalue weighted by Crippen LogP contribution is -2.36. The SMILES string of the molecule is CC(C)(CNC(=O)CCCn1c(=O)oc2ccccc21)c1ccc(Br)cc1. The highest BCUT2D eigenvalue weighted by atomic mass is 79.9. The molecule has 0 atom stereocenters. The van der Waals surface area contributed by atoms with Gasteiger partial charge < -0.3 is 9.73 Å². The van der Waals surface area contributed by atoms with Crippen molar-refractivity contribution < 1.29 is 9.21 Å². The number of aryl methyl sites for hydroxylation is 1. The molecule has 0 saturated heterocycles. The fraction of sp³-hybridized carbons (Fsp3) is 0.333. The van der Waals surface area contributed by atoms with Gasteiger partial charge in [0.1, 0.15) is 0 Å². The molecule has 0 bridgehead atoms. The lowest BCUT2D eigenvalue weighted by atomic mass is 9.84. The van der Waals surface area contributed by atoms with Crippen molar-refractivity contribution in [2.75, 3.05) is 6.54 Å². The number of hydrogen-bond donors (Lipinski definition) is 1. The summed E-state index contributed by atoms with van der Waals surface area (Å²) in [4.78, 5) is 24.2. The van der Waals surface area contributed by atoms with E-state index >= 15 is 0 Å². The van der Waals surface area contributed by atoms with Gasteiger partial charge in [0.25, 0.3) is 0 Å². The van der Waals surface area contributed by atoms with Gasteiger partial charge in [0, 0.05) is 29.4 Å². The van der Waals surface area contributed by atoms with Crippen LogP contribution < -0.4 is 11.1 Å². The van der Waals surface area contributed by atoms with Gasteiger partial charge in [0.05, 0.1) is 5.52 Å². The van der Waals surface area contributed by atoms with Gasteiger partial charge in [-0.25, -0.2) is 4.79 Å². The minimum absolute atomic E-state index is 0.0129. The molecule has 3 aromatic rings. The number of fused-ring (bicyclic) bond motifs is 1. The summed E-state index contributed by atoms with van der Waals surface area (Å²) in [6.07, 6.45) is 0.941. The number of nitrogens with zero attached hydrogens (tertiary/aromatic N) is 1. The Morgan fingerprint density at radius 3 is 2.59 bits per heavy atom. The van der Waals surface area contributed by atoms with Crippen LogP contribution in [0.1, 0.15) is 32.3 Å². The van der Waals surface area contributed by atoms with Crippen LogP contribution in [0.3, 0.4) is 0 Å². The fourth-order valence-electron chi connectivity index (χ4n) is 3.03. The van der Waals surface area contributed by atoms with Gasteiger partial charge in [0.15, 0.2) is 5.58 Å². The second-order valence-corrected chi connectivity index (χ2v) is 8.17. The van der Waals surface area contributed by atoms with Crippen LogP contribution in [-0.2, 0) is 16.8 Å². The first kappa shape index (κ1) is 19.4. The van der Waals surface area contributed by atoms with Gasteiger partial charge >= 0.3 is 5.76 Å². The standard InChI is InChI=1S/C21H23BrN2O3/c1-21(2,15-9-11-16(22)12-10-15)14-23-19(25)8-5-13-24-17-6-3-4-7-18(17)27-20(24)26/h3-4,6-7,9-12H,5,8,13-14H2,1-2H3,(H,23,25). The molecule has 5 nitrogen and oxygen atoms in total. The molecule has 0 aliphatic rings. The second-order valence-electron chi connectivity index (χ2n) is 7.26. The second kappa shape index (κ2) is 8.13. The summed E-state index contributed by atoms with van der Waals surface area (Å²) in [5, 5.41) is 3.01. The number of oxazole rings is 1. The summed E-state index contributed by atoms with van der Waals surface area (Å²) in [6, 6.07) is 15.4. The van der Waals surface area contributed by atoms with Crippen LogP contribution in [-0.4, -0.2) is 17.0 Å². The summed E-state index contributed by atoms with van der Waals surface area (Å²) in [5.74, 6) is -0.394. The van der Waals surface area contributed by atoms with Crippen LogP contribution in [0.5, 0.6) is 0 Å². The maximum absolute atomic E-state index is 12.2. The summed E-state index contributed by atoms with van der Waals surface area (Å²) in [6.45, 7) is 5.23. The molecule has 0 spiro atoms. The number of nitrogens with one attached hydrogen (secondary N) is 1. The Bertz CT molecular complexity index is 987. The summed E-state index contributed by atoms with van der Waals surface area (Å²) >= 11 is 3.44. The van der Waals surface area contributed by atoms with Gasteiger partial charge in [-0.1, -0.05) is 54.0 Å². The minimum Gasteiger partial charge on any atom is -0.408 e. The lowest BCUT2D eigenvalue weighted by Gasteiger charge is -2.25. The first-order valence-electron chi connectivity index (χ1n) is 8.98.